The second-order valence-electron chi connectivity index (χ2n) is 5.30. The first-order chi connectivity index (χ1) is 8.81. The molecule has 5 heteroatoms. The highest BCUT2D eigenvalue weighted by molar-refractivity contribution is 5.90. The zero-order chi connectivity index (χ0) is 14.5. The Morgan fingerprint density at radius 1 is 1.32 bits per heavy atom. The summed E-state index contributed by atoms with van der Waals surface area (Å²) in [6.45, 7) is 5.41. The molecular formula is C14H21NO4. The molecule has 0 aliphatic rings. The molecule has 19 heavy (non-hydrogen) atoms. The molecule has 0 spiro atoms. The molecule has 0 saturated carbocycles. The zero-order valence-electron chi connectivity index (χ0n) is 11.5. The van der Waals surface area contributed by atoms with Crippen molar-refractivity contribution in [2.45, 2.75) is 32.5 Å². The Hall–Kier alpha value is -1.59. The van der Waals surface area contributed by atoms with Crippen molar-refractivity contribution in [3.05, 3.63) is 29.8 Å². The molecule has 0 fully saturated rings. The van der Waals surface area contributed by atoms with Crippen molar-refractivity contribution in [2.75, 3.05) is 18.5 Å². The lowest BCUT2D eigenvalue weighted by Crippen LogP contribution is -2.24. The molecule has 5 nitrogen and oxygen atoms in total. The Morgan fingerprint density at radius 2 is 1.89 bits per heavy atom. The lowest BCUT2D eigenvalue weighted by atomic mass is 10.1. The largest absolute Gasteiger partial charge is 0.456 e. The molecular weight excluding hydrogens is 246 g/mol. The minimum Gasteiger partial charge on any atom is -0.456 e. The Morgan fingerprint density at radius 3 is 2.37 bits per heavy atom. The number of esters is 1. The maximum absolute atomic E-state index is 11.8. The highest BCUT2D eigenvalue weighted by Crippen LogP contribution is 2.14. The van der Waals surface area contributed by atoms with Gasteiger partial charge in [0.2, 0.25) is 0 Å². The molecule has 1 aromatic rings. The minimum absolute atomic E-state index is 0.252. The number of hydrogen-bond donors (Lipinski definition) is 3. The summed E-state index contributed by atoms with van der Waals surface area (Å²) in [7, 11) is 0. The molecule has 0 aromatic heterocycles. The molecule has 0 radical (unpaired) electrons. The van der Waals surface area contributed by atoms with Crippen LogP contribution in [0.15, 0.2) is 24.3 Å². The van der Waals surface area contributed by atoms with Gasteiger partial charge < -0.3 is 20.3 Å². The first kappa shape index (κ1) is 15.5. The van der Waals surface area contributed by atoms with E-state index in [9.17, 15) is 9.90 Å². The Balaban J connectivity index is 2.58. The quantitative estimate of drug-likeness (QED) is 0.703. The molecule has 0 aliphatic heterocycles. The van der Waals surface area contributed by atoms with Crippen LogP contribution in [0.25, 0.3) is 0 Å². The molecule has 0 heterocycles. The summed E-state index contributed by atoms with van der Waals surface area (Å²) in [6, 6.07) is 6.76. The first-order valence-electron chi connectivity index (χ1n) is 6.18. The Bertz CT molecular complexity index is 408. The SMILES string of the molecule is CC(C)(C)OC(=O)c1ccc(NCC(O)CO)cc1. The van der Waals surface area contributed by atoms with E-state index in [0.29, 0.717) is 5.56 Å². The minimum atomic E-state index is -0.800. The average Bonchev–Trinajstić information content (AvgIpc) is 2.34. The molecule has 0 bridgehead atoms. The van der Waals surface area contributed by atoms with E-state index in [0.717, 1.165) is 5.69 Å². The summed E-state index contributed by atoms with van der Waals surface area (Å²) in [5.41, 5.74) is 0.724. The lowest BCUT2D eigenvalue weighted by molar-refractivity contribution is 0.00695. The van der Waals surface area contributed by atoms with Gasteiger partial charge in [-0.2, -0.15) is 0 Å². The summed E-state index contributed by atoms with van der Waals surface area (Å²) < 4.78 is 5.25. The van der Waals surface area contributed by atoms with Crippen molar-refractivity contribution in [3.8, 4) is 0 Å². The van der Waals surface area contributed by atoms with Crippen LogP contribution >= 0.6 is 0 Å². The van der Waals surface area contributed by atoms with Gasteiger partial charge in [0.05, 0.1) is 18.3 Å². The van der Waals surface area contributed by atoms with E-state index in [1.54, 1.807) is 24.3 Å². The van der Waals surface area contributed by atoms with Crippen LogP contribution in [-0.2, 0) is 4.74 Å². The molecule has 106 valence electrons. The third kappa shape index (κ3) is 5.72. The number of ether oxygens (including phenoxy) is 1. The fraction of sp³-hybridized carbons (Fsp3) is 0.500. The summed E-state index contributed by atoms with van der Waals surface area (Å²) in [6.07, 6.45) is -0.800. The van der Waals surface area contributed by atoms with Crippen LogP contribution < -0.4 is 5.32 Å². The van der Waals surface area contributed by atoms with Gasteiger partial charge in [0.1, 0.15) is 5.60 Å². The number of hydrogen-bond acceptors (Lipinski definition) is 5. The van der Waals surface area contributed by atoms with Gasteiger partial charge in [-0.15, -0.1) is 0 Å². The van der Waals surface area contributed by atoms with Crippen molar-refractivity contribution in [2.24, 2.45) is 0 Å². The molecule has 1 unspecified atom stereocenters. The van der Waals surface area contributed by atoms with Crippen molar-refractivity contribution < 1.29 is 19.7 Å². The van der Waals surface area contributed by atoms with E-state index in [-0.39, 0.29) is 19.1 Å². The van der Waals surface area contributed by atoms with Gasteiger partial charge in [0.25, 0.3) is 0 Å². The fourth-order valence-electron chi connectivity index (χ4n) is 1.36. The van der Waals surface area contributed by atoms with Gasteiger partial charge in [0.15, 0.2) is 0 Å². The number of anilines is 1. The van der Waals surface area contributed by atoms with E-state index in [2.05, 4.69) is 5.32 Å². The molecule has 0 saturated heterocycles. The second-order valence-corrected chi connectivity index (χ2v) is 5.30. The topological polar surface area (TPSA) is 78.8 Å². The Labute approximate surface area is 113 Å². The van der Waals surface area contributed by atoms with Crippen molar-refractivity contribution in [1.29, 1.82) is 0 Å². The highest BCUT2D eigenvalue weighted by atomic mass is 16.6. The molecule has 1 aromatic carbocycles. The average molecular weight is 267 g/mol. The molecule has 0 aliphatic carbocycles. The maximum Gasteiger partial charge on any atom is 0.338 e. The summed E-state index contributed by atoms with van der Waals surface area (Å²) in [4.78, 5) is 11.8. The van der Waals surface area contributed by atoms with E-state index >= 15 is 0 Å². The van der Waals surface area contributed by atoms with Crippen molar-refractivity contribution in [1.82, 2.24) is 0 Å². The number of carbonyl (C=O) groups is 1. The van der Waals surface area contributed by atoms with Crippen LogP contribution in [0.2, 0.25) is 0 Å². The second kappa shape index (κ2) is 6.54. The summed E-state index contributed by atoms with van der Waals surface area (Å²) in [5, 5.41) is 20.8. The monoisotopic (exact) mass is 267 g/mol. The number of aliphatic hydroxyl groups excluding tert-OH is 2. The van der Waals surface area contributed by atoms with Crippen LogP contribution in [0.4, 0.5) is 5.69 Å². The van der Waals surface area contributed by atoms with Crippen LogP contribution in [0.1, 0.15) is 31.1 Å². The smallest absolute Gasteiger partial charge is 0.338 e. The number of rotatable bonds is 5. The van der Waals surface area contributed by atoms with Gasteiger partial charge in [-0.3, -0.25) is 0 Å². The fourth-order valence-corrected chi connectivity index (χ4v) is 1.36. The molecule has 0 amide bonds. The molecule has 1 rings (SSSR count). The lowest BCUT2D eigenvalue weighted by Gasteiger charge is -2.19. The third-order valence-electron chi connectivity index (χ3n) is 2.27. The van der Waals surface area contributed by atoms with Gasteiger partial charge in [-0.05, 0) is 45.0 Å². The van der Waals surface area contributed by atoms with Crippen LogP contribution in [0.3, 0.4) is 0 Å². The summed E-state index contributed by atoms with van der Waals surface area (Å²) in [5.74, 6) is -0.366. The van der Waals surface area contributed by atoms with Gasteiger partial charge in [0, 0.05) is 12.2 Å². The van der Waals surface area contributed by atoms with Crippen LogP contribution in [0, 0.1) is 0 Å². The van der Waals surface area contributed by atoms with Gasteiger partial charge in [-0.25, -0.2) is 4.79 Å². The highest BCUT2D eigenvalue weighted by Gasteiger charge is 2.17. The zero-order valence-corrected chi connectivity index (χ0v) is 11.5. The first-order valence-corrected chi connectivity index (χ1v) is 6.18. The Kier molecular flexibility index (Phi) is 5.32. The standard InChI is InChI=1S/C14H21NO4/c1-14(2,3)19-13(18)10-4-6-11(7-5-10)15-8-12(17)9-16/h4-7,12,15-17H,8-9H2,1-3H3. The number of aliphatic hydroxyl groups is 2. The predicted molar refractivity (Wildman–Crippen MR) is 73.2 cm³/mol. The predicted octanol–water partition coefficient (Wildman–Crippen LogP) is 1.41. The van der Waals surface area contributed by atoms with E-state index in [4.69, 9.17) is 9.84 Å². The van der Waals surface area contributed by atoms with Crippen LogP contribution in [0.5, 0.6) is 0 Å². The van der Waals surface area contributed by atoms with Gasteiger partial charge in [-0.1, -0.05) is 0 Å². The van der Waals surface area contributed by atoms with Crippen molar-refractivity contribution in [3.63, 3.8) is 0 Å². The number of benzene rings is 1. The maximum atomic E-state index is 11.8. The third-order valence-corrected chi connectivity index (χ3v) is 2.27. The van der Waals surface area contributed by atoms with Gasteiger partial charge >= 0.3 is 5.97 Å². The van der Waals surface area contributed by atoms with Crippen LogP contribution in [-0.4, -0.2) is 41.0 Å². The molecule has 1 atom stereocenters. The van der Waals surface area contributed by atoms with E-state index < -0.39 is 11.7 Å². The normalized spacial score (nSPS) is 12.9. The number of carbonyl (C=O) groups excluding carboxylic acids is 1. The van der Waals surface area contributed by atoms with Crippen molar-refractivity contribution >= 4 is 11.7 Å². The van der Waals surface area contributed by atoms with E-state index in [1.807, 2.05) is 20.8 Å². The summed E-state index contributed by atoms with van der Waals surface area (Å²) >= 11 is 0. The molecule has 3 N–H and O–H groups in total. The van der Waals surface area contributed by atoms with E-state index in [1.165, 1.54) is 0 Å². The number of nitrogens with one attached hydrogen (secondary N) is 1.